The maximum Gasteiger partial charge on any atom is 0.154 e. The molecule has 0 radical (unpaired) electrons. The van der Waals surface area contributed by atoms with E-state index in [0.717, 1.165) is 43.3 Å². The number of hydrogen-bond acceptors (Lipinski definition) is 4. The Bertz CT molecular complexity index is 805. The van der Waals surface area contributed by atoms with Crippen molar-refractivity contribution in [2.24, 2.45) is 0 Å². The Labute approximate surface area is 129 Å². The van der Waals surface area contributed by atoms with E-state index in [1.165, 1.54) is 11.1 Å². The third-order valence-electron chi connectivity index (χ3n) is 4.10. The largest absolute Gasteiger partial charge is 0.378 e. The molecular weight excluding hydrogens is 276 g/mol. The van der Waals surface area contributed by atoms with Crippen molar-refractivity contribution >= 4 is 11.3 Å². The molecule has 22 heavy (non-hydrogen) atoms. The first kappa shape index (κ1) is 13.3. The maximum atomic E-state index is 5.43. The molecule has 0 bridgehead atoms. The van der Waals surface area contributed by atoms with Crippen LogP contribution in [0.4, 0.5) is 5.82 Å². The normalized spacial score (nSPS) is 15.4. The molecule has 1 fully saturated rings. The molecule has 5 heteroatoms. The number of fused-ring (bicyclic) bond motifs is 1. The molecule has 112 valence electrons. The van der Waals surface area contributed by atoms with Crippen molar-refractivity contribution in [1.82, 2.24) is 14.6 Å². The quantitative estimate of drug-likeness (QED) is 0.728. The van der Waals surface area contributed by atoms with Crippen LogP contribution in [0.3, 0.4) is 0 Å². The van der Waals surface area contributed by atoms with Crippen LogP contribution < -0.4 is 4.90 Å². The number of ether oxygens (including phenoxy) is 1. The van der Waals surface area contributed by atoms with Crippen LogP contribution in [0.2, 0.25) is 0 Å². The predicted octanol–water partition coefficient (Wildman–Crippen LogP) is 2.54. The van der Waals surface area contributed by atoms with Crippen LogP contribution in [0.1, 0.15) is 5.56 Å². The predicted molar refractivity (Wildman–Crippen MR) is 86.2 cm³/mol. The first-order chi connectivity index (χ1) is 10.8. The van der Waals surface area contributed by atoms with Crippen LogP contribution in [0, 0.1) is 6.92 Å². The Hall–Kier alpha value is -2.40. The molecule has 1 saturated heterocycles. The van der Waals surface area contributed by atoms with Crippen molar-refractivity contribution in [2.45, 2.75) is 6.92 Å². The third kappa shape index (κ3) is 2.23. The first-order valence-corrected chi connectivity index (χ1v) is 7.56. The summed E-state index contributed by atoms with van der Waals surface area (Å²) in [6.07, 6.45) is 3.72. The Morgan fingerprint density at radius 3 is 2.77 bits per heavy atom. The Balaban J connectivity index is 1.82. The number of rotatable bonds is 2. The van der Waals surface area contributed by atoms with Gasteiger partial charge in [0.05, 0.1) is 18.9 Å². The molecule has 0 spiro atoms. The number of nitrogens with zero attached hydrogens (tertiary/aromatic N) is 4. The average Bonchev–Trinajstić information content (AvgIpc) is 3.00. The highest BCUT2D eigenvalue weighted by Crippen LogP contribution is 2.27. The second-order valence-electron chi connectivity index (χ2n) is 5.52. The lowest BCUT2D eigenvalue weighted by Crippen LogP contribution is -2.37. The van der Waals surface area contributed by atoms with Crippen molar-refractivity contribution in [3.63, 3.8) is 0 Å². The van der Waals surface area contributed by atoms with Gasteiger partial charge in [0.1, 0.15) is 5.52 Å². The van der Waals surface area contributed by atoms with Crippen LogP contribution in [-0.4, -0.2) is 40.9 Å². The van der Waals surface area contributed by atoms with E-state index in [2.05, 4.69) is 41.1 Å². The van der Waals surface area contributed by atoms with E-state index in [0.29, 0.717) is 0 Å². The molecule has 1 aliphatic rings. The van der Waals surface area contributed by atoms with Crippen molar-refractivity contribution < 1.29 is 4.74 Å². The summed E-state index contributed by atoms with van der Waals surface area (Å²) < 4.78 is 7.35. The van der Waals surface area contributed by atoms with Gasteiger partial charge in [-0.15, -0.1) is 0 Å². The van der Waals surface area contributed by atoms with Crippen molar-refractivity contribution in [1.29, 1.82) is 0 Å². The molecular formula is C17H18N4O. The van der Waals surface area contributed by atoms with Gasteiger partial charge >= 0.3 is 0 Å². The second-order valence-corrected chi connectivity index (χ2v) is 5.52. The number of anilines is 1. The lowest BCUT2D eigenvalue weighted by atomic mass is 10.1. The van der Waals surface area contributed by atoms with Gasteiger partial charge in [0.2, 0.25) is 0 Å². The van der Waals surface area contributed by atoms with Gasteiger partial charge in [-0.2, -0.15) is 5.10 Å². The number of aryl methyl sites for hydroxylation is 1. The molecule has 0 saturated carbocycles. The molecule has 5 nitrogen and oxygen atoms in total. The number of benzene rings is 1. The molecule has 0 unspecified atom stereocenters. The Kier molecular flexibility index (Phi) is 3.27. The van der Waals surface area contributed by atoms with Gasteiger partial charge < -0.3 is 9.64 Å². The van der Waals surface area contributed by atoms with Crippen molar-refractivity contribution in [3.8, 4) is 11.3 Å². The van der Waals surface area contributed by atoms with Gasteiger partial charge in [-0.05, 0) is 18.6 Å². The van der Waals surface area contributed by atoms with Crippen LogP contribution in [-0.2, 0) is 4.74 Å². The van der Waals surface area contributed by atoms with Gasteiger partial charge in [0.25, 0.3) is 0 Å². The fourth-order valence-electron chi connectivity index (χ4n) is 2.92. The highest BCUT2D eigenvalue weighted by molar-refractivity contribution is 5.76. The van der Waals surface area contributed by atoms with E-state index in [-0.39, 0.29) is 0 Å². The van der Waals surface area contributed by atoms with E-state index in [1.54, 1.807) is 0 Å². The van der Waals surface area contributed by atoms with Crippen molar-refractivity contribution in [2.75, 3.05) is 31.2 Å². The molecule has 3 aromatic rings. The van der Waals surface area contributed by atoms with E-state index >= 15 is 0 Å². The molecule has 0 amide bonds. The summed E-state index contributed by atoms with van der Waals surface area (Å²) in [5, 5.41) is 4.72. The lowest BCUT2D eigenvalue weighted by Gasteiger charge is -2.27. The Morgan fingerprint density at radius 1 is 1.14 bits per heavy atom. The molecule has 2 aromatic heterocycles. The van der Waals surface area contributed by atoms with Crippen LogP contribution >= 0.6 is 0 Å². The van der Waals surface area contributed by atoms with Gasteiger partial charge in [0, 0.05) is 31.0 Å². The molecule has 4 rings (SSSR count). The fourth-order valence-corrected chi connectivity index (χ4v) is 2.92. The molecule has 1 aliphatic heterocycles. The number of hydrogen-bond donors (Lipinski definition) is 0. The highest BCUT2D eigenvalue weighted by atomic mass is 16.5. The minimum absolute atomic E-state index is 0.752. The zero-order valence-corrected chi connectivity index (χ0v) is 12.6. The first-order valence-electron chi connectivity index (χ1n) is 7.56. The topological polar surface area (TPSA) is 42.7 Å². The molecule has 1 aromatic carbocycles. The highest BCUT2D eigenvalue weighted by Gasteiger charge is 2.17. The summed E-state index contributed by atoms with van der Waals surface area (Å²) in [5.74, 6) is 0.984. The minimum atomic E-state index is 0.752. The summed E-state index contributed by atoms with van der Waals surface area (Å²) in [6, 6.07) is 10.4. The third-order valence-corrected chi connectivity index (χ3v) is 4.10. The second kappa shape index (κ2) is 5.42. The van der Waals surface area contributed by atoms with E-state index in [1.807, 2.05) is 23.0 Å². The zero-order chi connectivity index (χ0) is 14.9. The Morgan fingerprint density at radius 2 is 1.95 bits per heavy atom. The van der Waals surface area contributed by atoms with Gasteiger partial charge in [0.15, 0.2) is 5.82 Å². The van der Waals surface area contributed by atoms with Gasteiger partial charge in [-0.3, -0.25) is 0 Å². The molecule has 0 aliphatic carbocycles. The van der Waals surface area contributed by atoms with Crippen LogP contribution in [0.15, 0.2) is 42.7 Å². The number of aromatic nitrogens is 3. The summed E-state index contributed by atoms with van der Waals surface area (Å²) >= 11 is 0. The van der Waals surface area contributed by atoms with E-state index in [4.69, 9.17) is 9.84 Å². The van der Waals surface area contributed by atoms with Crippen LogP contribution in [0.25, 0.3) is 16.8 Å². The van der Waals surface area contributed by atoms with Gasteiger partial charge in [-0.1, -0.05) is 24.3 Å². The monoisotopic (exact) mass is 294 g/mol. The van der Waals surface area contributed by atoms with E-state index in [9.17, 15) is 0 Å². The van der Waals surface area contributed by atoms with Crippen LogP contribution in [0.5, 0.6) is 0 Å². The summed E-state index contributed by atoms with van der Waals surface area (Å²) in [6.45, 7) is 5.36. The summed E-state index contributed by atoms with van der Waals surface area (Å²) in [4.78, 5) is 6.84. The minimum Gasteiger partial charge on any atom is -0.378 e. The van der Waals surface area contributed by atoms with E-state index < -0.39 is 0 Å². The number of morpholine rings is 1. The summed E-state index contributed by atoms with van der Waals surface area (Å²) in [7, 11) is 0. The smallest absolute Gasteiger partial charge is 0.154 e. The maximum absolute atomic E-state index is 5.43. The van der Waals surface area contributed by atoms with Crippen molar-refractivity contribution in [3.05, 3.63) is 48.3 Å². The zero-order valence-electron chi connectivity index (χ0n) is 12.6. The SMILES string of the molecule is Cc1ccccc1-c1cc2c(N3CCOCC3)nccn2n1. The average molecular weight is 294 g/mol. The standard InChI is InChI=1S/C17H18N4O/c1-13-4-2-3-5-14(13)15-12-16-17(18-6-7-21(16)19-15)20-8-10-22-11-9-20/h2-7,12H,8-11H2,1H3. The molecule has 0 atom stereocenters. The fraction of sp³-hybridized carbons (Fsp3) is 0.294. The lowest BCUT2D eigenvalue weighted by molar-refractivity contribution is 0.122. The van der Waals surface area contributed by atoms with Gasteiger partial charge in [-0.25, -0.2) is 9.50 Å². The molecule has 3 heterocycles. The molecule has 0 N–H and O–H groups in total. The summed E-state index contributed by atoms with van der Waals surface area (Å²) in [5.41, 5.74) is 4.43.